The number of ether oxygens (including phenoxy) is 1. The molecule has 0 bridgehead atoms. The van der Waals surface area contributed by atoms with Crippen molar-refractivity contribution in [2.45, 2.75) is 27.7 Å². The first-order valence-corrected chi connectivity index (χ1v) is 10.1. The summed E-state index contributed by atoms with van der Waals surface area (Å²) in [6.45, 7) is 11.2. The molecule has 0 radical (unpaired) electrons. The Morgan fingerprint density at radius 2 is 1.27 bits per heavy atom. The summed E-state index contributed by atoms with van der Waals surface area (Å²) in [5.41, 5.74) is -1.72. The second-order valence-electron chi connectivity index (χ2n) is 7.99. The number of phenolic OH excluding ortho intramolecular Hbond substituents is 1. The van der Waals surface area contributed by atoms with Gasteiger partial charge < -0.3 is 14.7 Å². The third-order valence-corrected chi connectivity index (χ3v) is 4.27. The highest BCUT2D eigenvalue weighted by Gasteiger charge is 2.30. The van der Waals surface area contributed by atoms with Crippen LogP contribution in [-0.4, -0.2) is 40.1 Å². The van der Waals surface area contributed by atoms with Crippen LogP contribution in [0, 0.1) is 42.2 Å². The lowest BCUT2D eigenvalue weighted by Crippen LogP contribution is -2.31. The van der Waals surface area contributed by atoms with Crippen LogP contribution in [0.5, 0.6) is 11.5 Å². The van der Waals surface area contributed by atoms with Gasteiger partial charge in [-0.05, 0) is 36.1 Å². The van der Waals surface area contributed by atoms with Gasteiger partial charge in [-0.1, -0.05) is 27.7 Å². The van der Waals surface area contributed by atoms with Crippen molar-refractivity contribution in [3.63, 3.8) is 0 Å². The summed E-state index contributed by atoms with van der Waals surface area (Å²) in [5, 5.41) is 40.2. The molecule has 0 atom stereocenters. The highest BCUT2D eigenvalue weighted by Crippen LogP contribution is 2.38. The third kappa shape index (κ3) is 8.24. The molecule has 0 aliphatic carbocycles. The minimum absolute atomic E-state index is 0.447. The van der Waals surface area contributed by atoms with Crippen molar-refractivity contribution in [1.29, 1.82) is 0 Å². The number of benzene rings is 2. The van der Waals surface area contributed by atoms with Crippen molar-refractivity contribution in [3.8, 4) is 11.5 Å². The lowest BCUT2D eigenvalue weighted by Gasteiger charge is -2.28. The molecule has 0 heterocycles. The fourth-order valence-corrected chi connectivity index (χ4v) is 2.93. The minimum atomic E-state index is -1.21. The van der Waals surface area contributed by atoms with E-state index in [1.807, 2.05) is 12.1 Å². The van der Waals surface area contributed by atoms with Crippen molar-refractivity contribution in [2.75, 3.05) is 25.1 Å². The fourth-order valence-electron chi connectivity index (χ4n) is 2.93. The number of anilines is 1. The Morgan fingerprint density at radius 1 is 0.848 bits per heavy atom. The number of hydrogen-bond donors (Lipinski definition) is 1. The standard InChI is InChI=1S/C15H25NO.C6H3N3O7/c1-12(2)10-16(11-13(3)4)14-6-8-15(17-5)9-7-14;10-6-4(8(13)14)1-3(7(11)12)2-5(6)9(15)16/h6-9,12-13H,10-11H2,1-5H3;1-2,10H. The first kappa shape index (κ1) is 27.1. The molecule has 0 fully saturated rings. The second kappa shape index (κ2) is 12.2. The number of nitro groups is 3. The summed E-state index contributed by atoms with van der Waals surface area (Å²) in [6, 6.07) is 9.24. The Hall–Kier alpha value is -3.96. The second-order valence-corrected chi connectivity index (χ2v) is 7.99. The molecule has 0 aliphatic rings. The van der Waals surface area contributed by atoms with E-state index in [0.29, 0.717) is 24.0 Å². The van der Waals surface area contributed by atoms with Gasteiger partial charge in [0, 0.05) is 18.8 Å². The molecule has 2 aromatic carbocycles. The molecule has 12 nitrogen and oxygen atoms in total. The summed E-state index contributed by atoms with van der Waals surface area (Å²) < 4.78 is 5.19. The van der Waals surface area contributed by atoms with E-state index in [4.69, 9.17) is 9.84 Å². The monoisotopic (exact) mass is 464 g/mol. The molecule has 1 N–H and O–H groups in total. The molecule has 2 aromatic rings. The number of non-ortho nitro benzene ring substituents is 1. The molecule has 0 saturated carbocycles. The Kier molecular flexibility index (Phi) is 9.99. The van der Waals surface area contributed by atoms with Crippen molar-refractivity contribution in [1.82, 2.24) is 0 Å². The number of rotatable bonds is 9. The minimum Gasteiger partial charge on any atom is -0.497 e. The van der Waals surface area contributed by atoms with E-state index in [1.54, 1.807) is 7.11 Å². The quantitative estimate of drug-likeness (QED) is 0.400. The molecular formula is C21H28N4O8. The zero-order valence-electron chi connectivity index (χ0n) is 19.1. The number of nitro benzene ring substituents is 3. The van der Waals surface area contributed by atoms with Crippen LogP contribution in [0.1, 0.15) is 27.7 Å². The number of hydrogen-bond acceptors (Lipinski definition) is 9. The molecule has 2 rings (SSSR count). The van der Waals surface area contributed by atoms with E-state index in [-0.39, 0.29) is 0 Å². The first-order valence-electron chi connectivity index (χ1n) is 10.1. The fraction of sp³-hybridized carbons (Fsp3) is 0.429. The molecule has 12 heteroatoms. The summed E-state index contributed by atoms with van der Waals surface area (Å²) in [4.78, 5) is 30.2. The average Bonchev–Trinajstić information content (AvgIpc) is 2.72. The van der Waals surface area contributed by atoms with Gasteiger partial charge in [0.1, 0.15) is 5.75 Å². The number of nitrogens with zero attached hydrogens (tertiary/aromatic N) is 4. The van der Waals surface area contributed by atoms with Crippen LogP contribution >= 0.6 is 0 Å². The number of methoxy groups -OCH3 is 1. The molecular weight excluding hydrogens is 436 g/mol. The Labute approximate surface area is 190 Å². The molecule has 0 unspecified atom stereocenters. The van der Waals surface area contributed by atoms with E-state index in [1.165, 1.54) is 5.69 Å². The van der Waals surface area contributed by atoms with Gasteiger partial charge in [0.15, 0.2) is 0 Å². The van der Waals surface area contributed by atoms with Gasteiger partial charge in [-0.25, -0.2) is 0 Å². The van der Waals surface area contributed by atoms with Gasteiger partial charge in [0.2, 0.25) is 0 Å². The van der Waals surface area contributed by atoms with E-state index in [2.05, 4.69) is 44.7 Å². The predicted octanol–water partition coefficient (Wildman–Crippen LogP) is 4.93. The molecule has 0 aromatic heterocycles. The van der Waals surface area contributed by atoms with E-state index >= 15 is 0 Å². The van der Waals surface area contributed by atoms with Gasteiger partial charge in [0.05, 0.1) is 34.0 Å². The lowest BCUT2D eigenvalue weighted by atomic mass is 10.1. The largest absolute Gasteiger partial charge is 0.497 e. The summed E-state index contributed by atoms with van der Waals surface area (Å²) in [6.07, 6.45) is 0. The maximum absolute atomic E-state index is 10.4. The van der Waals surface area contributed by atoms with Crippen LogP contribution in [0.15, 0.2) is 36.4 Å². The first-order chi connectivity index (χ1) is 15.4. The van der Waals surface area contributed by atoms with Gasteiger partial charge in [-0.3, -0.25) is 30.3 Å². The van der Waals surface area contributed by atoms with Gasteiger partial charge in [-0.2, -0.15) is 0 Å². The lowest BCUT2D eigenvalue weighted by molar-refractivity contribution is -0.404. The van der Waals surface area contributed by atoms with Gasteiger partial charge in [-0.15, -0.1) is 0 Å². The van der Waals surface area contributed by atoms with Crippen LogP contribution < -0.4 is 9.64 Å². The third-order valence-electron chi connectivity index (χ3n) is 4.27. The van der Waals surface area contributed by atoms with Crippen molar-refractivity contribution >= 4 is 22.7 Å². The van der Waals surface area contributed by atoms with Gasteiger partial charge >= 0.3 is 11.4 Å². The van der Waals surface area contributed by atoms with Crippen LogP contribution in [0.25, 0.3) is 0 Å². The van der Waals surface area contributed by atoms with Crippen LogP contribution in [0.4, 0.5) is 22.7 Å². The summed E-state index contributed by atoms with van der Waals surface area (Å²) in [5.74, 6) is 1.06. The molecule has 33 heavy (non-hydrogen) atoms. The smallest absolute Gasteiger partial charge is 0.324 e. The van der Waals surface area contributed by atoms with Crippen LogP contribution in [0.3, 0.4) is 0 Å². The van der Waals surface area contributed by atoms with Gasteiger partial charge in [0.25, 0.3) is 11.4 Å². The van der Waals surface area contributed by atoms with Crippen LogP contribution in [0.2, 0.25) is 0 Å². The molecule has 0 spiro atoms. The zero-order valence-corrected chi connectivity index (χ0v) is 19.1. The highest BCUT2D eigenvalue weighted by molar-refractivity contribution is 5.64. The number of aromatic hydroxyl groups is 1. The van der Waals surface area contributed by atoms with E-state index in [9.17, 15) is 30.3 Å². The summed E-state index contributed by atoms with van der Waals surface area (Å²) in [7, 11) is 1.70. The summed E-state index contributed by atoms with van der Waals surface area (Å²) >= 11 is 0. The Bertz CT molecular complexity index is 932. The molecule has 0 saturated heterocycles. The maximum atomic E-state index is 10.4. The molecule has 0 aliphatic heterocycles. The van der Waals surface area contributed by atoms with E-state index in [0.717, 1.165) is 18.8 Å². The normalized spacial score (nSPS) is 10.4. The molecule has 180 valence electrons. The zero-order chi connectivity index (χ0) is 25.3. The van der Waals surface area contributed by atoms with Crippen LogP contribution in [-0.2, 0) is 0 Å². The maximum Gasteiger partial charge on any atom is 0.324 e. The topological polar surface area (TPSA) is 162 Å². The number of phenols is 1. The highest BCUT2D eigenvalue weighted by atomic mass is 16.6. The Balaban J connectivity index is 0.000000331. The predicted molar refractivity (Wildman–Crippen MR) is 123 cm³/mol. The average molecular weight is 464 g/mol. The van der Waals surface area contributed by atoms with Crippen molar-refractivity contribution < 1.29 is 24.6 Å². The van der Waals surface area contributed by atoms with Crippen molar-refractivity contribution in [2.24, 2.45) is 11.8 Å². The SMILES string of the molecule is COc1ccc(N(CC(C)C)CC(C)C)cc1.O=[N+]([O-])c1cc([N+](=O)[O-])c(O)c([N+](=O)[O-])c1. The molecule has 0 amide bonds. The van der Waals surface area contributed by atoms with Crippen molar-refractivity contribution in [3.05, 3.63) is 66.7 Å². The van der Waals surface area contributed by atoms with E-state index < -0.39 is 37.6 Å². The Morgan fingerprint density at radius 3 is 1.58 bits per heavy atom.